The van der Waals surface area contributed by atoms with Crippen LogP contribution in [0.5, 0.6) is 0 Å². The van der Waals surface area contributed by atoms with Crippen molar-refractivity contribution in [3.63, 3.8) is 0 Å². The molecule has 0 saturated heterocycles. The van der Waals surface area contributed by atoms with Gasteiger partial charge in [0.1, 0.15) is 18.0 Å². The lowest BCUT2D eigenvalue weighted by molar-refractivity contribution is 0.567. The third-order valence-corrected chi connectivity index (χ3v) is 3.86. The fourth-order valence-electron chi connectivity index (χ4n) is 1.80. The van der Waals surface area contributed by atoms with Gasteiger partial charge in [0.25, 0.3) is 0 Å². The Morgan fingerprint density at radius 2 is 2.19 bits per heavy atom. The topological polar surface area (TPSA) is 76.9 Å². The lowest BCUT2D eigenvalue weighted by atomic mass is 10.2. The summed E-state index contributed by atoms with van der Waals surface area (Å²) >= 11 is 5.97. The van der Waals surface area contributed by atoms with Gasteiger partial charge < -0.3 is 0 Å². The third-order valence-electron chi connectivity index (χ3n) is 2.78. The summed E-state index contributed by atoms with van der Waals surface area (Å²) in [6.45, 7) is 0.336. The van der Waals surface area contributed by atoms with Crippen molar-refractivity contribution in [2.75, 3.05) is 12.8 Å². The number of hydrogen-bond donors (Lipinski definition) is 1. The van der Waals surface area contributed by atoms with Gasteiger partial charge in [0, 0.05) is 23.6 Å². The Bertz CT molecular complexity index is 712. The molecule has 0 spiro atoms. The number of halogens is 2. The van der Waals surface area contributed by atoms with Crippen molar-refractivity contribution < 1.29 is 12.8 Å². The predicted octanol–water partition coefficient (Wildman–Crippen LogP) is 1.21. The number of hydrogen-bond acceptors (Lipinski definition) is 4. The highest BCUT2D eigenvalue weighted by atomic mass is 35.5. The van der Waals surface area contributed by atoms with E-state index in [0.29, 0.717) is 22.8 Å². The molecule has 0 aliphatic carbocycles. The molecular formula is C12H14ClFN4O2S. The molecule has 1 N–H and O–H groups in total. The highest BCUT2D eigenvalue weighted by Gasteiger charge is 2.12. The Morgan fingerprint density at radius 3 is 2.86 bits per heavy atom. The second kappa shape index (κ2) is 6.50. The first kappa shape index (κ1) is 15.9. The zero-order valence-electron chi connectivity index (χ0n) is 11.3. The third kappa shape index (κ3) is 4.48. The van der Waals surface area contributed by atoms with Crippen LogP contribution in [0.15, 0.2) is 24.5 Å². The Hall–Kier alpha value is -1.51. The summed E-state index contributed by atoms with van der Waals surface area (Å²) in [5.41, 5.74) is 0.321. The number of rotatable bonds is 6. The van der Waals surface area contributed by atoms with E-state index in [1.54, 1.807) is 6.07 Å². The van der Waals surface area contributed by atoms with Gasteiger partial charge >= 0.3 is 0 Å². The number of benzene rings is 1. The summed E-state index contributed by atoms with van der Waals surface area (Å²) in [6, 6.07) is 4.45. The summed E-state index contributed by atoms with van der Waals surface area (Å²) in [4.78, 5) is 4.04. The predicted molar refractivity (Wildman–Crippen MR) is 77.1 cm³/mol. The molecule has 6 nitrogen and oxygen atoms in total. The van der Waals surface area contributed by atoms with Crippen LogP contribution < -0.4 is 4.72 Å². The van der Waals surface area contributed by atoms with E-state index in [-0.39, 0.29) is 13.1 Å². The van der Waals surface area contributed by atoms with Crippen LogP contribution >= 0.6 is 11.6 Å². The SMILES string of the molecule is CS(=O)(=O)NCCc1ncnn1Cc1c(F)cccc1Cl. The minimum Gasteiger partial charge on any atom is -0.245 e. The molecule has 0 amide bonds. The van der Waals surface area contributed by atoms with E-state index >= 15 is 0 Å². The minimum absolute atomic E-state index is 0.139. The lowest BCUT2D eigenvalue weighted by Gasteiger charge is -2.09. The van der Waals surface area contributed by atoms with Crippen LogP contribution in [0.1, 0.15) is 11.4 Å². The van der Waals surface area contributed by atoms with Gasteiger partial charge in [0.2, 0.25) is 10.0 Å². The molecular weight excluding hydrogens is 319 g/mol. The van der Waals surface area contributed by atoms with Gasteiger partial charge in [-0.15, -0.1) is 0 Å². The summed E-state index contributed by atoms with van der Waals surface area (Å²) in [5.74, 6) is 0.128. The molecule has 21 heavy (non-hydrogen) atoms. The van der Waals surface area contributed by atoms with E-state index in [1.807, 2.05) is 0 Å². The van der Waals surface area contributed by atoms with Crippen LogP contribution in [0.2, 0.25) is 5.02 Å². The summed E-state index contributed by atoms with van der Waals surface area (Å²) in [7, 11) is -3.25. The standard InChI is InChI=1S/C12H14ClFN4O2S/c1-21(19,20)17-6-5-12-15-8-16-18(12)7-9-10(13)3-2-4-11(9)14/h2-4,8,17H,5-7H2,1H3. The molecule has 2 aromatic rings. The lowest BCUT2D eigenvalue weighted by Crippen LogP contribution is -2.25. The molecule has 0 aliphatic heterocycles. The van der Waals surface area contributed by atoms with Crippen molar-refractivity contribution in [1.29, 1.82) is 0 Å². The Kier molecular flexibility index (Phi) is 4.92. The number of sulfonamides is 1. The van der Waals surface area contributed by atoms with Gasteiger partial charge in [0.05, 0.1) is 12.8 Å². The van der Waals surface area contributed by atoms with Crippen LogP contribution in [0.25, 0.3) is 0 Å². The van der Waals surface area contributed by atoms with Crippen LogP contribution in [-0.2, 0) is 23.0 Å². The highest BCUT2D eigenvalue weighted by Crippen LogP contribution is 2.20. The van der Waals surface area contributed by atoms with Crippen molar-refractivity contribution in [3.05, 3.63) is 46.8 Å². The molecule has 2 rings (SSSR count). The maximum Gasteiger partial charge on any atom is 0.208 e. The second-order valence-electron chi connectivity index (χ2n) is 4.45. The van der Waals surface area contributed by atoms with E-state index < -0.39 is 15.8 Å². The van der Waals surface area contributed by atoms with E-state index in [0.717, 1.165) is 6.26 Å². The molecule has 1 aromatic carbocycles. The molecule has 0 aliphatic rings. The minimum atomic E-state index is -3.25. The van der Waals surface area contributed by atoms with Crippen LogP contribution in [0, 0.1) is 5.82 Å². The monoisotopic (exact) mass is 332 g/mol. The quantitative estimate of drug-likeness (QED) is 0.862. The average Bonchev–Trinajstić information content (AvgIpc) is 2.80. The molecule has 0 unspecified atom stereocenters. The first-order valence-corrected chi connectivity index (χ1v) is 8.38. The first-order valence-electron chi connectivity index (χ1n) is 6.11. The summed E-state index contributed by atoms with van der Waals surface area (Å²) in [5, 5.41) is 4.32. The Balaban J connectivity index is 2.10. The molecule has 0 atom stereocenters. The molecule has 0 saturated carbocycles. The fraction of sp³-hybridized carbons (Fsp3) is 0.333. The molecule has 0 fully saturated rings. The van der Waals surface area contributed by atoms with Crippen molar-refractivity contribution in [3.8, 4) is 0 Å². The van der Waals surface area contributed by atoms with Gasteiger partial charge in [-0.2, -0.15) is 5.10 Å². The zero-order chi connectivity index (χ0) is 15.5. The first-order chi connectivity index (χ1) is 9.87. The molecule has 1 heterocycles. The van der Waals surface area contributed by atoms with E-state index in [1.165, 1.54) is 23.1 Å². The van der Waals surface area contributed by atoms with Crippen LogP contribution in [0.3, 0.4) is 0 Å². The van der Waals surface area contributed by atoms with Gasteiger partial charge in [-0.05, 0) is 12.1 Å². The molecule has 1 aromatic heterocycles. The number of aromatic nitrogens is 3. The molecule has 114 valence electrons. The molecule has 0 bridgehead atoms. The van der Waals surface area contributed by atoms with Crippen LogP contribution in [-0.4, -0.2) is 36.0 Å². The highest BCUT2D eigenvalue weighted by molar-refractivity contribution is 7.88. The van der Waals surface area contributed by atoms with Crippen molar-refractivity contribution in [2.45, 2.75) is 13.0 Å². The molecule has 0 radical (unpaired) electrons. The van der Waals surface area contributed by atoms with E-state index in [9.17, 15) is 12.8 Å². The Labute approximate surface area is 127 Å². The summed E-state index contributed by atoms with van der Waals surface area (Å²) in [6.07, 6.45) is 2.76. The van der Waals surface area contributed by atoms with Crippen molar-refractivity contribution in [1.82, 2.24) is 19.5 Å². The normalized spacial score (nSPS) is 11.8. The number of nitrogens with zero attached hydrogens (tertiary/aromatic N) is 3. The summed E-state index contributed by atoms with van der Waals surface area (Å²) < 4.78 is 39.6. The fourth-order valence-corrected chi connectivity index (χ4v) is 2.49. The zero-order valence-corrected chi connectivity index (χ0v) is 12.8. The van der Waals surface area contributed by atoms with E-state index in [2.05, 4.69) is 14.8 Å². The van der Waals surface area contributed by atoms with Crippen LogP contribution in [0.4, 0.5) is 4.39 Å². The Morgan fingerprint density at radius 1 is 1.43 bits per heavy atom. The van der Waals surface area contributed by atoms with Gasteiger partial charge in [-0.1, -0.05) is 17.7 Å². The van der Waals surface area contributed by atoms with Gasteiger partial charge in [-0.3, -0.25) is 0 Å². The number of nitrogens with one attached hydrogen (secondary N) is 1. The van der Waals surface area contributed by atoms with Gasteiger partial charge in [-0.25, -0.2) is 27.2 Å². The maximum atomic E-state index is 13.7. The molecule has 9 heteroatoms. The van der Waals surface area contributed by atoms with Crippen molar-refractivity contribution >= 4 is 21.6 Å². The van der Waals surface area contributed by atoms with E-state index in [4.69, 9.17) is 11.6 Å². The smallest absolute Gasteiger partial charge is 0.208 e. The van der Waals surface area contributed by atoms with Crippen molar-refractivity contribution in [2.24, 2.45) is 0 Å². The van der Waals surface area contributed by atoms with Gasteiger partial charge in [0.15, 0.2) is 0 Å². The largest absolute Gasteiger partial charge is 0.245 e. The maximum absolute atomic E-state index is 13.7. The second-order valence-corrected chi connectivity index (χ2v) is 6.69. The average molecular weight is 333 g/mol.